The third-order valence-corrected chi connectivity index (χ3v) is 6.99. The SMILES string of the molecule is c1cc(CN2CCOCCOCCOCCOCCOCC2)cc(CN2CCOCCOCCOCCOCCOCC2)c1. The molecule has 0 atom stereocenters. The molecule has 0 bridgehead atoms. The fourth-order valence-electron chi connectivity index (χ4n) is 4.62. The van der Waals surface area contributed by atoms with E-state index in [-0.39, 0.29) is 0 Å². The molecule has 0 N–H and O–H groups in total. The zero-order valence-corrected chi connectivity index (χ0v) is 26.7. The van der Waals surface area contributed by atoms with Gasteiger partial charge >= 0.3 is 0 Å². The Balaban J connectivity index is 1.49. The third kappa shape index (κ3) is 20.0. The van der Waals surface area contributed by atoms with Gasteiger partial charge in [0.05, 0.1) is 132 Å². The summed E-state index contributed by atoms with van der Waals surface area (Å²) >= 11 is 0. The number of nitrogens with zero attached hydrogens (tertiary/aromatic N) is 2. The van der Waals surface area contributed by atoms with E-state index in [1.807, 2.05) is 0 Å². The molecule has 2 aliphatic heterocycles. The van der Waals surface area contributed by atoms with E-state index in [9.17, 15) is 0 Å². The van der Waals surface area contributed by atoms with E-state index in [0.717, 1.165) is 39.3 Å². The molecule has 12 heteroatoms. The molecule has 0 aromatic heterocycles. The van der Waals surface area contributed by atoms with Gasteiger partial charge in [-0.25, -0.2) is 0 Å². The first-order valence-corrected chi connectivity index (χ1v) is 16.2. The Labute approximate surface area is 264 Å². The van der Waals surface area contributed by atoms with Crippen molar-refractivity contribution < 1.29 is 47.4 Å². The van der Waals surface area contributed by atoms with Crippen LogP contribution in [0.3, 0.4) is 0 Å². The van der Waals surface area contributed by atoms with Gasteiger partial charge in [-0.15, -0.1) is 0 Å². The molecule has 44 heavy (non-hydrogen) atoms. The van der Waals surface area contributed by atoms with Crippen molar-refractivity contribution in [2.75, 3.05) is 158 Å². The molecule has 0 radical (unpaired) electrons. The van der Waals surface area contributed by atoms with E-state index in [4.69, 9.17) is 47.4 Å². The quantitative estimate of drug-likeness (QED) is 0.483. The van der Waals surface area contributed by atoms with Gasteiger partial charge in [-0.1, -0.05) is 24.3 Å². The zero-order valence-electron chi connectivity index (χ0n) is 26.7. The molecular weight excluding hydrogens is 572 g/mol. The molecule has 2 fully saturated rings. The maximum absolute atomic E-state index is 5.85. The summed E-state index contributed by atoms with van der Waals surface area (Å²) < 4.78 is 56.7. The lowest BCUT2D eigenvalue weighted by Gasteiger charge is -2.24. The van der Waals surface area contributed by atoms with Crippen LogP contribution in [0.5, 0.6) is 0 Å². The van der Waals surface area contributed by atoms with Gasteiger partial charge in [-0.05, 0) is 11.1 Å². The van der Waals surface area contributed by atoms with Crippen LogP contribution in [-0.4, -0.2) is 168 Å². The maximum atomic E-state index is 5.85. The normalized spacial score (nSPS) is 23.1. The first kappa shape index (κ1) is 37.2. The minimum atomic E-state index is 0.562. The van der Waals surface area contributed by atoms with Gasteiger partial charge < -0.3 is 47.4 Å². The van der Waals surface area contributed by atoms with Crippen LogP contribution in [0.25, 0.3) is 0 Å². The van der Waals surface area contributed by atoms with Crippen LogP contribution < -0.4 is 0 Å². The second-order valence-corrected chi connectivity index (χ2v) is 10.5. The summed E-state index contributed by atoms with van der Waals surface area (Å²) in [7, 11) is 0. The van der Waals surface area contributed by atoms with Gasteiger partial charge in [0.15, 0.2) is 0 Å². The van der Waals surface area contributed by atoms with Crippen molar-refractivity contribution >= 4 is 0 Å². The van der Waals surface area contributed by atoms with E-state index in [2.05, 4.69) is 34.1 Å². The summed E-state index contributed by atoms with van der Waals surface area (Å²) in [6.07, 6.45) is 0. The van der Waals surface area contributed by atoms with Crippen molar-refractivity contribution in [2.45, 2.75) is 13.1 Å². The molecule has 2 heterocycles. The lowest BCUT2D eigenvalue weighted by molar-refractivity contribution is -0.0190. The van der Waals surface area contributed by atoms with Gasteiger partial charge in [0, 0.05) is 39.3 Å². The Bertz CT molecular complexity index is 698. The molecule has 2 aliphatic rings. The average molecular weight is 629 g/mol. The second kappa shape index (κ2) is 26.9. The van der Waals surface area contributed by atoms with Gasteiger partial charge in [-0.2, -0.15) is 0 Å². The monoisotopic (exact) mass is 628 g/mol. The van der Waals surface area contributed by atoms with E-state index >= 15 is 0 Å². The van der Waals surface area contributed by atoms with Crippen LogP contribution in [0, 0.1) is 0 Å². The lowest BCUT2D eigenvalue weighted by atomic mass is 10.1. The second-order valence-electron chi connectivity index (χ2n) is 10.5. The van der Waals surface area contributed by atoms with Crippen LogP contribution in [0.4, 0.5) is 0 Å². The predicted octanol–water partition coefficient (Wildman–Crippen LogP) is 1.48. The Morgan fingerprint density at radius 3 is 0.818 bits per heavy atom. The number of hydrogen-bond acceptors (Lipinski definition) is 12. The molecular formula is C32H56N2O10. The van der Waals surface area contributed by atoms with Crippen LogP contribution >= 0.6 is 0 Å². The zero-order chi connectivity index (χ0) is 30.6. The number of rotatable bonds is 4. The van der Waals surface area contributed by atoms with E-state index in [0.29, 0.717) is 132 Å². The van der Waals surface area contributed by atoms with Crippen LogP contribution in [0.15, 0.2) is 24.3 Å². The molecule has 1 aromatic rings. The molecule has 254 valence electrons. The summed E-state index contributed by atoms with van der Waals surface area (Å²) in [6.45, 7) is 16.5. The Kier molecular flexibility index (Phi) is 22.8. The van der Waals surface area contributed by atoms with Crippen molar-refractivity contribution in [1.82, 2.24) is 9.80 Å². The molecule has 0 spiro atoms. The smallest absolute Gasteiger partial charge is 0.0701 e. The highest BCUT2D eigenvalue weighted by atomic mass is 16.6. The molecule has 0 amide bonds. The topological polar surface area (TPSA) is 98.8 Å². The van der Waals surface area contributed by atoms with Crippen molar-refractivity contribution in [1.29, 1.82) is 0 Å². The molecule has 3 rings (SSSR count). The number of benzene rings is 1. The Morgan fingerprint density at radius 1 is 0.341 bits per heavy atom. The minimum absolute atomic E-state index is 0.562. The van der Waals surface area contributed by atoms with Crippen LogP contribution in [-0.2, 0) is 60.5 Å². The molecule has 12 nitrogen and oxygen atoms in total. The molecule has 0 aliphatic carbocycles. The fraction of sp³-hybridized carbons (Fsp3) is 0.812. The molecule has 2 saturated heterocycles. The Hall–Kier alpha value is -1.26. The van der Waals surface area contributed by atoms with Crippen molar-refractivity contribution in [3.63, 3.8) is 0 Å². The average Bonchev–Trinajstić information content (AvgIpc) is 3.03. The van der Waals surface area contributed by atoms with Gasteiger partial charge in [0.2, 0.25) is 0 Å². The van der Waals surface area contributed by atoms with E-state index in [1.54, 1.807) is 0 Å². The highest BCUT2D eigenvalue weighted by Crippen LogP contribution is 2.12. The standard InChI is InChI=1S/C32H56N2O10/c1-2-31(29-33-4-8-35-12-16-39-20-24-43-25-21-40-17-13-36-9-5-33)28-32(3-1)30-34-6-10-37-14-18-41-22-26-44-27-23-42-19-15-38-11-7-34/h1-3,28H,4-27,29-30H2. The van der Waals surface area contributed by atoms with Crippen molar-refractivity contribution in [2.24, 2.45) is 0 Å². The molecule has 0 unspecified atom stereocenters. The summed E-state index contributed by atoms with van der Waals surface area (Å²) in [5.74, 6) is 0. The van der Waals surface area contributed by atoms with Crippen molar-refractivity contribution in [3.05, 3.63) is 35.4 Å². The largest absolute Gasteiger partial charge is 0.378 e. The fourth-order valence-corrected chi connectivity index (χ4v) is 4.62. The summed E-state index contributed by atoms with van der Waals surface area (Å²) in [5.41, 5.74) is 2.53. The lowest BCUT2D eigenvalue weighted by Crippen LogP contribution is -2.32. The van der Waals surface area contributed by atoms with E-state index < -0.39 is 0 Å². The van der Waals surface area contributed by atoms with Gasteiger partial charge in [0.25, 0.3) is 0 Å². The van der Waals surface area contributed by atoms with Crippen LogP contribution in [0.1, 0.15) is 11.1 Å². The highest BCUT2D eigenvalue weighted by Gasteiger charge is 2.11. The number of ether oxygens (including phenoxy) is 10. The maximum Gasteiger partial charge on any atom is 0.0701 e. The predicted molar refractivity (Wildman–Crippen MR) is 165 cm³/mol. The summed E-state index contributed by atoms with van der Waals surface area (Å²) in [6, 6.07) is 8.83. The van der Waals surface area contributed by atoms with E-state index in [1.165, 1.54) is 11.1 Å². The van der Waals surface area contributed by atoms with Gasteiger partial charge in [-0.3, -0.25) is 9.80 Å². The minimum Gasteiger partial charge on any atom is -0.378 e. The van der Waals surface area contributed by atoms with Crippen LogP contribution in [0.2, 0.25) is 0 Å². The summed E-state index contributed by atoms with van der Waals surface area (Å²) in [4.78, 5) is 4.76. The number of hydrogen-bond donors (Lipinski definition) is 0. The highest BCUT2D eigenvalue weighted by molar-refractivity contribution is 5.23. The Morgan fingerprint density at radius 2 is 0.568 bits per heavy atom. The van der Waals surface area contributed by atoms with Gasteiger partial charge in [0.1, 0.15) is 0 Å². The first-order chi connectivity index (χ1) is 21.9. The first-order valence-electron chi connectivity index (χ1n) is 16.2. The summed E-state index contributed by atoms with van der Waals surface area (Å²) in [5, 5.41) is 0. The third-order valence-electron chi connectivity index (χ3n) is 6.99. The van der Waals surface area contributed by atoms with Crippen molar-refractivity contribution in [3.8, 4) is 0 Å². The molecule has 0 saturated carbocycles. The molecule has 1 aromatic carbocycles.